The van der Waals surface area contributed by atoms with Crippen LogP contribution in [-0.4, -0.2) is 35.7 Å². The number of amides is 2. The molecule has 0 saturated heterocycles. The molecule has 0 aliphatic rings. The lowest BCUT2D eigenvalue weighted by atomic mass is 10.2. The number of carbonyl (C=O) groups excluding carboxylic acids is 2. The van der Waals surface area contributed by atoms with Gasteiger partial charge in [-0.25, -0.2) is 0 Å². The highest BCUT2D eigenvalue weighted by Crippen LogP contribution is 2.01. The summed E-state index contributed by atoms with van der Waals surface area (Å²) in [5.41, 5.74) is 5.01. The molecule has 0 aromatic heterocycles. The lowest BCUT2D eigenvalue weighted by Gasteiger charge is -2.18. The minimum atomic E-state index is -0.474. The van der Waals surface area contributed by atoms with Crippen molar-refractivity contribution >= 4 is 23.4 Å². The molecule has 0 aliphatic heterocycles. The van der Waals surface area contributed by atoms with Gasteiger partial charge in [-0.15, -0.1) is 11.6 Å². The van der Waals surface area contributed by atoms with Crippen molar-refractivity contribution in [2.24, 2.45) is 5.73 Å². The number of rotatable bonds is 7. The third-order valence-corrected chi connectivity index (χ3v) is 2.12. The van der Waals surface area contributed by atoms with Crippen molar-refractivity contribution in [2.45, 2.75) is 26.2 Å². The molecule has 0 saturated carbocycles. The first kappa shape index (κ1) is 13.2. The Labute approximate surface area is 89.4 Å². The Bertz CT molecular complexity index is 197. The van der Waals surface area contributed by atoms with Crippen molar-refractivity contribution in [3.05, 3.63) is 0 Å². The summed E-state index contributed by atoms with van der Waals surface area (Å²) in [6, 6.07) is 0. The number of hydrogen-bond donors (Lipinski definition) is 1. The molecule has 0 rings (SSSR count). The van der Waals surface area contributed by atoms with Crippen LogP contribution in [0.3, 0.4) is 0 Å². The number of halogens is 1. The first-order valence-electron chi connectivity index (χ1n) is 4.73. The maximum absolute atomic E-state index is 11.5. The summed E-state index contributed by atoms with van der Waals surface area (Å²) < 4.78 is 0. The molecular weight excluding hydrogens is 204 g/mol. The van der Waals surface area contributed by atoms with Crippen molar-refractivity contribution in [3.63, 3.8) is 0 Å². The van der Waals surface area contributed by atoms with Gasteiger partial charge in [-0.3, -0.25) is 9.59 Å². The zero-order chi connectivity index (χ0) is 11.0. The second kappa shape index (κ2) is 7.62. The summed E-state index contributed by atoms with van der Waals surface area (Å²) in [6.45, 7) is 2.35. The van der Waals surface area contributed by atoms with Crippen molar-refractivity contribution in [1.29, 1.82) is 0 Å². The van der Waals surface area contributed by atoms with Crippen LogP contribution in [0.1, 0.15) is 26.2 Å². The highest BCUT2D eigenvalue weighted by atomic mass is 35.5. The summed E-state index contributed by atoms with van der Waals surface area (Å²) in [5, 5.41) is 0. The number of carbonyl (C=O) groups is 2. The largest absolute Gasteiger partial charge is 0.368 e. The number of likely N-dealkylation sites (N-methyl/N-ethyl adjacent to an activating group) is 1. The fourth-order valence-electron chi connectivity index (χ4n) is 1.09. The van der Waals surface area contributed by atoms with Crippen molar-refractivity contribution in [3.8, 4) is 0 Å². The highest BCUT2D eigenvalue weighted by molar-refractivity contribution is 6.17. The lowest BCUT2D eigenvalue weighted by molar-refractivity contribution is -0.135. The molecule has 0 aromatic rings. The Hall–Kier alpha value is -0.770. The Morgan fingerprint density at radius 2 is 2.00 bits per heavy atom. The predicted octanol–water partition coefficient (Wildman–Crippen LogP) is 0.729. The van der Waals surface area contributed by atoms with Crippen LogP contribution in [0.2, 0.25) is 0 Å². The maximum Gasteiger partial charge on any atom is 0.237 e. The molecule has 0 atom stereocenters. The van der Waals surface area contributed by atoms with E-state index in [1.807, 2.05) is 6.92 Å². The third kappa shape index (κ3) is 5.80. The summed E-state index contributed by atoms with van der Waals surface area (Å²) in [7, 11) is 0. The molecule has 0 aromatic carbocycles. The van der Waals surface area contributed by atoms with Gasteiger partial charge >= 0.3 is 0 Å². The van der Waals surface area contributed by atoms with Crippen LogP contribution in [-0.2, 0) is 9.59 Å². The highest BCUT2D eigenvalue weighted by Gasteiger charge is 2.12. The molecule has 0 heterocycles. The van der Waals surface area contributed by atoms with E-state index in [1.54, 1.807) is 0 Å². The van der Waals surface area contributed by atoms with Crippen LogP contribution < -0.4 is 5.73 Å². The van der Waals surface area contributed by atoms with E-state index in [4.69, 9.17) is 17.3 Å². The van der Waals surface area contributed by atoms with E-state index in [2.05, 4.69) is 0 Å². The quantitative estimate of drug-likeness (QED) is 0.508. The molecule has 0 bridgehead atoms. The normalized spacial score (nSPS) is 9.86. The van der Waals surface area contributed by atoms with Crippen molar-refractivity contribution in [2.75, 3.05) is 19.0 Å². The van der Waals surface area contributed by atoms with E-state index in [-0.39, 0.29) is 12.5 Å². The number of nitrogens with zero attached hydrogens (tertiary/aromatic N) is 1. The van der Waals surface area contributed by atoms with Gasteiger partial charge in [0.05, 0.1) is 6.54 Å². The molecule has 0 unspecified atom stereocenters. The standard InChI is InChI=1S/C9H17ClN2O2/c1-2-12(7-8(11)13)9(14)5-3-4-6-10/h2-7H2,1H3,(H2,11,13). The first-order valence-corrected chi connectivity index (χ1v) is 5.27. The number of primary amides is 1. The van der Waals surface area contributed by atoms with Crippen LogP contribution in [0.15, 0.2) is 0 Å². The molecule has 14 heavy (non-hydrogen) atoms. The van der Waals surface area contributed by atoms with E-state index >= 15 is 0 Å². The molecule has 2 N–H and O–H groups in total. The maximum atomic E-state index is 11.5. The minimum absolute atomic E-state index is 0.0101. The number of alkyl halides is 1. The Morgan fingerprint density at radius 1 is 1.36 bits per heavy atom. The monoisotopic (exact) mass is 220 g/mol. The van der Waals surface area contributed by atoms with Gasteiger partial charge in [-0.05, 0) is 19.8 Å². The fraction of sp³-hybridized carbons (Fsp3) is 0.778. The van der Waals surface area contributed by atoms with E-state index in [1.165, 1.54) is 4.90 Å². The molecule has 82 valence electrons. The predicted molar refractivity (Wildman–Crippen MR) is 56.0 cm³/mol. The van der Waals surface area contributed by atoms with Crippen molar-refractivity contribution in [1.82, 2.24) is 4.90 Å². The topological polar surface area (TPSA) is 63.4 Å². The van der Waals surface area contributed by atoms with Crippen LogP contribution in [0.25, 0.3) is 0 Å². The second-order valence-electron chi connectivity index (χ2n) is 3.02. The SMILES string of the molecule is CCN(CC(N)=O)C(=O)CCCCCl. The van der Waals surface area contributed by atoms with E-state index < -0.39 is 5.91 Å². The van der Waals surface area contributed by atoms with Gasteiger partial charge in [0.15, 0.2) is 0 Å². The molecule has 4 nitrogen and oxygen atoms in total. The molecule has 0 radical (unpaired) electrons. The number of nitrogens with two attached hydrogens (primary N) is 1. The van der Waals surface area contributed by atoms with Gasteiger partial charge < -0.3 is 10.6 Å². The number of unbranched alkanes of at least 4 members (excludes halogenated alkanes) is 1. The number of hydrogen-bond acceptors (Lipinski definition) is 2. The smallest absolute Gasteiger partial charge is 0.237 e. The van der Waals surface area contributed by atoms with E-state index in [0.717, 1.165) is 12.8 Å². The summed E-state index contributed by atoms with van der Waals surface area (Å²) in [6.07, 6.45) is 2.02. The first-order chi connectivity index (χ1) is 6.61. The fourth-order valence-corrected chi connectivity index (χ4v) is 1.28. The van der Waals surface area contributed by atoms with Crippen LogP contribution in [0.4, 0.5) is 0 Å². The van der Waals surface area contributed by atoms with E-state index in [0.29, 0.717) is 18.8 Å². The Balaban J connectivity index is 3.85. The summed E-state index contributed by atoms with van der Waals surface area (Å²) in [5.74, 6) is 0.0591. The van der Waals surface area contributed by atoms with E-state index in [9.17, 15) is 9.59 Å². The molecule has 0 spiro atoms. The van der Waals surface area contributed by atoms with Gasteiger partial charge in [0.25, 0.3) is 0 Å². The van der Waals surface area contributed by atoms with Gasteiger partial charge in [0.2, 0.25) is 11.8 Å². The van der Waals surface area contributed by atoms with Crippen LogP contribution >= 0.6 is 11.6 Å². The molecule has 2 amide bonds. The zero-order valence-electron chi connectivity index (χ0n) is 8.46. The van der Waals surface area contributed by atoms with Gasteiger partial charge in [-0.2, -0.15) is 0 Å². The Morgan fingerprint density at radius 3 is 2.43 bits per heavy atom. The third-order valence-electron chi connectivity index (χ3n) is 1.86. The molecule has 0 aliphatic carbocycles. The zero-order valence-corrected chi connectivity index (χ0v) is 9.22. The average molecular weight is 221 g/mol. The van der Waals surface area contributed by atoms with Gasteiger partial charge in [-0.1, -0.05) is 0 Å². The van der Waals surface area contributed by atoms with Crippen molar-refractivity contribution < 1.29 is 9.59 Å². The summed E-state index contributed by atoms with van der Waals surface area (Å²) >= 11 is 5.48. The van der Waals surface area contributed by atoms with Crippen LogP contribution in [0, 0.1) is 0 Å². The lowest BCUT2D eigenvalue weighted by Crippen LogP contribution is -2.38. The molecule has 0 fully saturated rings. The van der Waals surface area contributed by atoms with Gasteiger partial charge in [0, 0.05) is 18.8 Å². The minimum Gasteiger partial charge on any atom is -0.368 e. The van der Waals surface area contributed by atoms with Gasteiger partial charge in [0.1, 0.15) is 0 Å². The molecular formula is C9H17ClN2O2. The Kier molecular flexibility index (Phi) is 7.20. The average Bonchev–Trinajstić information content (AvgIpc) is 2.14. The molecule has 5 heteroatoms. The second-order valence-corrected chi connectivity index (χ2v) is 3.40. The van der Waals surface area contributed by atoms with Crippen LogP contribution in [0.5, 0.6) is 0 Å². The summed E-state index contributed by atoms with van der Waals surface area (Å²) in [4.78, 5) is 23.5.